The second-order valence-corrected chi connectivity index (χ2v) is 10.4. The maximum atomic E-state index is 12.9. The summed E-state index contributed by atoms with van der Waals surface area (Å²) in [5.41, 5.74) is 3.40. The van der Waals surface area contributed by atoms with Crippen LogP contribution in [-0.2, 0) is 22.4 Å². The summed E-state index contributed by atoms with van der Waals surface area (Å²) in [5.74, 6) is -0.435. The van der Waals surface area contributed by atoms with Gasteiger partial charge in [-0.05, 0) is 37.3 Å². The molecule has 3 heterocycles. The Kier molecular flexibility index (Phi) is 6.43. The lowest BCUT2D eigenvalue weighted by molar-refractivity contribution is -0.113. The maximum absolute atomic E-state index is 12.9. The van der Waals surface area contributed by atoms with Gasteiger partial charge in [-0.15, -0.1) is 22.7 Å². The van der Waals surface area contributed by atoms with E-state index in [1.54, 1.807) is 24.6 Å². The van der Waals surface area contributed by atoms with Gasteiger partial charge in [0.15, 0.2) is 0 Å². The number of hydrogen-bond donors (Lipinski definition) is 1. The summed E-state index contributed by atoms with van der Waals surface area (Å²) in [6.45, 7) is 2.03. The first-order chi connectivity index (χ1) is 16.2. The smallest absolute Gasteiger partial charge is 0.341 e. The van der Waals surface area contributed by atoms with E-state index in [1.165, 1.54) is 33.5 Å². The molecule has 9 heteroatoms. The number of thiophene rings is 2. The number of aromatic nitrogens is 2. The largest absolute Gasteiger partial charge is 0.462 e. The van der Waals surface area contributed by atoms with Gasteiger partial charge >= 0.3 is 5.97 Å². The predicted octanol–water partition coefficient (Wildman–Crippen LogP) is 5.82. The molecule has 1 N–H and O–H groups in total. The molecule has 0 bridgehead atoms. The summed E-state index contributed by atoms with van der Waals surface area (Å²) < 4.78 is 5.28. The van der Waals surface area contributed by atoms with Crippen LogP contribution in [0.3, 0.4) is 0 Å². The molecule has 3 aromatic heterocycles. The number of ether oxygens (including phenoxy) is 1. The first-order valence-electron chi connectivity index (χ1n) is 10.7. The molecule has 6 nitrogen and oxygen atoms in total. The summed E-state index contributed by atoms with van der Waals surface area (Å²) in [6, 6.07) is 9.63. The monoisotopic (exact) mass is 495 g/mol. The molecule has 1 aromatic carbocycles. The Morgan fingerprint density at radius 3 is 2.85 bits per heavy atom. The SMILES string of the molecule is CCOC(=O)c1c(-c2ccccc2)csc1NC(=O)CSc1ncnc2sc3c(c12)CCC3. The number of fused-ring (bicyclic) bond motifs is 3. The Balaban J connectivity index is 1.36. The first kappa shape index (κ1) is 22.1. The van der Waals surface area contributed by atoms with E-state index < -0.39 is 5.97 Å². The molecule has 0 radical (unpaired) electrons. The highest BCUT2D eigenvalue weighted by atomic mass is 32.2. The number of benzene rings is 1. The average molecular weight is 496 g/mol. The quantitative estimate of drug-likeness (QED) is 0.198. The summed E-state index contributed by atoms with van der Waals surface area (Å²) in [4.78, 5) is 36.8. The van der Waals surface area contributed by atoms with Crippen LogP contribution < -0.4 is 5.32 Å². The normalized spacial score (nSPS) is 12.6. The van der Waals surface area contributed by atoms with Gasteiger partial charge in [-0.1, -0.05) is 42.1 Å². The average Bonchev–Trinajstić information content (AvgIpc) is 3.53. The fourth-order valence-electron chi connectivity index (χ4n) is 3.99. The number of anilines is 1. The zero-order valence-electron chi connectivity index (χ0n) is 17.9. The zero-order valence-corrected chi connectivity index (χ0v) is 20.4. The standard InChI is InChI=1S/C24H21N3O3S3/c1-2-30-24(29)20-16(14-7-4-3-5-8-14)11-31-23(20)27-18(28)12-32-21-19-15-9-6-10-17(15)33-22(19)26-13-25-21/h3-5,7-8,11,13H,2,6,9-10,12H2,1H3,(H,27,28). The number of aryl methyl sites for hydroxylation is 2. The second-order valence-electron chi connectivity index (χ2n) is 7.49. The van der Waals surface area contributed by atoms with Crippen LogP contribution in [0.4, 0.5) is 5.00 Å². The van der Waals surface area contributed by atoms with Gasteiger partial charge in [0, 0.05) is 21.2 Å². The molecular weight excluding hydrogens is 474 g/mol. The lowest BCUT2D eigenvalue weighted by atomic mass is 10.0. The molecule has 1 aliphatic carbocycles. The van der Waals surface area contributed by atoms with E-state index >= 15 is 0 Å². The molecule has 0 aliphatic heterocycles. The van der Waals surface area contributed by atoms with Crippen LogP contribution in [0.15, 0.2) is 47.1 Å². The van der Waals surface area contributed by atoms with Crippen molar-refractivity contribution >= 4 is 61.5 Å². The third-order valence-electron chi connectivity index (χ3n) is 5.41. The van der Waals surface area contributed by atoms with Gasteiger partial charge in [0.25, 0.3) is 0 Å². The van der Waals surface area contributed by atoms with Gasteiger partial charge in [0.05, 0.1) is 12.4 Å². The predicted molar refractivity (Wildman–Crippen MR) is 135 cm³/mol. The number of carbonyl (C=O) groups is 2. The molecule has 0 saturated heterocycles. The van der Waals surface area contributed by atoms with Crippen molar-refractivity contribution in [2.75, 3.05) is 17.7 Å². The molecule has 4 aromatic rings. The highest BCUT2D eigenvalue weighted by molar-refractivity contribution is 8.00. The third-order valence-corrected chi connectivity index (χ3v) is 8.50. The minimum atomic E-state index is -0.438. The van der Waals surface area contributed by atoms with E-state index in [4.69, 9.17) is 4.74 Å². The molecule has 1 amide bonds. The Hall–Kier alpha value is -2.75. The lowest BCUT2D eigenvalue weighted by Gasteiger charge is -2.09. The number of esters is 1. The number of rotatable bonds is 7. The molecular formula is C24H21N3O3S3. The number of hydrogen-bond acceptors (Lipinski definition) is 8. The van der Waals surface area contributed by atoms with Crippen molar-refractivity contribution in [2.45, 2.75) is 31.2 Å². The fraction of sp³-hybridized carbons (Fsp3) is 0.250. The van der Waals surface area contributed by atoms with Crippen LogP contribution in [0, 0.1) is 0 Å². The summed E-state index contributed by atoms with van der Waals surface area (Å²) in [7, 11) is 0. The van der Waals surface area contributed by atoms with E-state index in [-0.39, 0.29) is 18.3 Å². The highest BCUT2D eigenvalue weighted by Gasteiger charge is 2.24. The Labute approximate surface area is 203 Å². The van der Waals surface area contributed by atoms with Gasteiger partial charge in [0.1, 0.15) is 26.7 Å². The van der Waals surface area contributed by atoms with Crippen LogP contribution in [0.5, 0.6) is 0 Å². The van der Waals surface area contributed by atoms with Crippen molar-refractivity contribution in [3.05, 3.63) is 58.0 Å². The molecule has 0 unspecified atom stereocenters. The van der Waals surface area contributed by atoms with Crippen molar-refractivity contribution in [1.82, 2.24) is 9.97 Å². The summed E-state index contributed by atoms with van der Waals surface area (Å²) >= 11 is 4.47. The number of nitrogens with one attached hydrogen (secondary N) is 1. The minimum Gasteiger partial charge on any atom is -0.462 e. The maximum Gasteiger partial charge on any atom is 0.341 e. The first-order valence-corrected chi connectivity index (χ1v) is 13.4. The zero-order chi connectivity index (χ0) is 22.8. The molecule has 0 spiro atoms. The van der Waals surface area contributed by atoms with Crippen molar-refractivity contribution in [3.63, 3.8) is 0 Å². The van der Waals surface area contributed by atoms with Crippen LogP contribution in [-0.4, -0.2) is 34.2 Å². The Morgan fingerprint density at radius 2 is 2.03 bits per heavy atom. The second kappa shape index (κ2) is 9.62. The van der Waals surface area contributed by atoms with Crippen molar-refractivity contribution in [2.24, 2.45) is 0 Å². The van der Waals surface area contributed by atoms with Crippen molar-refractivity contribution in [3.8, 4) is 11.1 Å². The number of nitrogens with zero attached hydrogens (tertiary/aromatic N) is 2. The van der Waals surface area contributed by atoms with E-state index in [0.29, 0.717) is 10.6 Å². The van der Waals surface area contributed by atoms with Gasteiger partial charge in [-0.25, -0.2) is 14.8 Å². The van der Waals surface area contributed by atoms with Crippen molar-refractivity contribution < 1.29 is 14.3 Å². The van der Waals surface area contributed by atoms with Crippen LogP contribution in [0.2, 0.25) is 0 Å². The number of amides is 1. The van der Waals surface area contributed by atoms with E-state index in [1.807, 2.05) is 35.7 Å². The molecule has 0 saturated carbocycles. The Bertz CT molecular complexity index is 1330. The minimum absolute atomic E-state index is 0.189. The topological polar surface area (TPSA) is 81.2 Å². The molecule has 0 fully saturated rings. The fourth-order valence-corrected chi connectivity index (χ4v) is 7.08. The highest BCUT2D eigenvalue weighted by Crippen LogP contribution is 2.40. The summed E-state index contributed by atoms with van der Waals surface area (Å²) in [5, 5.41) is 7.25. The van der Waals surface area contributed by atoms with Gasteiger partial charge in [0.2, 0.25) is 5.91 Å². The van der Waals surface area contributed by atoms with Gasteiger partial charge in [-0.3, -0.25) is 4.79 Å². The van der Waals surface area contributed by atoms with E-state index in [0.717, 1.165) is 45.6 Å². The Morgan fingerprint density at radius 1 is 1.18 bits per heavy atom. The third kappa shape index (κ3) is 4.40. The van der Waals surface area contributed by atoms with E-state index in [2.05, 4.69) is 15.3 Å². The molecule has 33 heavy (non-hydrogen) atoms. The van der Waals surface area contributed by atoms with Crippen molar-refractivity contribution in [1.29, 1.82) is 0 Å². The lowest BCUT2D eigenvalue weighted by Crippen LogP contribution is -2.16. The van der Waals surface area contributed by atoms with E-state index in [9.17, 15) is 9.59 Å². The van der Waals surface area contributed by atoms with Gasteiger partial charge < -0.3 is 10.1 Å². The van der Waals surface area contributed by atoms with Crippen LogP contribution in [0.1, 0.15) is 34.1 Å². The molecule has 0 atom stereocenters. The number of carbonyl (C=O) groups excluding carboxylic acids is 2. The number of thioether (sulfide) groups is 1. The molecule has 1 aliphatic rings. The van der Waals surface area contributed by atoms with Gasteiger partial charge in [-0.2, -0.15) is 0 Å². The van der Waals surface area contributed by atoms with Crippen LogP contribution in [0.25, 0.3) is 21.3 Å². The molecule has 5 rings (SSSR count). The van der Waals surface area contributed by atoms with Crippen LogP contribution >= 0.6 is 34.4 Å². The molecule has 168 valence electrons. The summed E-state index contributed by atoms with van der Waals surface area (Å²) in [6.07, 6.45) is 4.87.